The van der Waals surface area contributed by atoms with Crippen molar-refractivity contribution in [3.63, 3.8) is 0 Å². The molecule has 13 heavy (non-hydrogen) atoms. The maximum Gasteiger partial charge on any atom is 0.337 e. The first-order valence-electron chi connectivity index (χ1n) is 2.61. The van der Waals surface area contributed by atoms with Crippen molar-refractivity contribution in [1.29, 1.82) is 0 Å². The third kappa shape index (κ3) is 2.17. The van der Waals surface area contributed by atoms with Gasteiger partial charge in [-0.05, 0) is 5.80 Å². The lowest BCUT2D eigenvalue weighted by Crippen LogP contribution is -2.47. The molecule has 0 heterocycles. The molecule has 0 aromatic rings. The van der Waals surface area contributed by atoms with Crippen molar-refractivity contribution in [2.24, 2.45) is 5.41 Å². The van der Waals surface area contributed by atoms with Crippen molar-refractivity contribution >= 4 is 45.0 Å². The van der Waals surface area contributed by atoms with Gasteiger partial charge >= 0.3 is 17.9 Å². The predicted octanol–water partition coefficient (Wildman–Crippen LogP) is -0.407. The highest BCUT2D eigenvalue weighted by molar-refractivity contribution is 7.19. The topological polar surface area (TPSA) is 112 Å². The van der Waals surface area contributed by atoms with E-state index in [2.05, 4.69) is 8.86 Å². The summed E-state index contributed by atoms with van der Waals surface area (Å²) in [6.45, 7) is 0. The number of hydrogen-bond donors (Lipinski definition) is 3. The van der Waals surface area contributed by atoms with Crippen LogP contribution in [0.25, 0.3) is 0 Å². The van der Waals surface area contributed by atoms with Crippen molar-refractivity contribution in [1.82, 2.24) is 0 Å². The van der Waals surface area contributed by atoms with Crippen molar-refractivity contribution in [3.8, 4) is 0 Å². The SMILES string of the molecule is Cl.O=C(O)C(C=P)(C(=O)O)C(=O)O. The second-order valence-corrected chi connectivity index (χ2v) is 2.16. The summed E-state index contributed by atoms with van der Waals surface area (Å²) < 4.78 is 0. The Hall–Kier alpha value is -1.13. The third-order valence-electron chi connectivity index (χ3n) is 1.23. The van der Waals surface area contributed by atoms with Gasteiger partial charge in [-0.15, -0.1) is 21.3 Å². The van der Waals surface area contributed by atoms with Crippen LogP contribution in [0, 0.1) is 5.41 Å². The van der Waals surface area contributed by atoms with E-state index >= 15 is 0 Å². The average Bonchev–Trinajstić information content (AvgIpc) is 1.86. The first-order chi connectivity index (χ1) is 5.39. The molecule has 0 bridgehead atoms. The van der Waals surface area contributed by atoms with Crippen LogP contribution in [-0.2, 0) is 14.4 Å². The lowest BCUT2D eigenvalue weighted by atomic mass is 9.91. The van der Waals surface area contributed by atoms with Crippen LogP contribution in [0.1, 0.15) is 0 Å². The highest BCUT2D eigenvalue weighted by atomic mass is 35.5. The smallest absolute Gasteiger partial charge is 0.337 e. The van der Waals surface area contributed by atoms with Gasteiger partial charge in [0.25, 0.3) is 5.41 Å². The number of rotatable bonds is 4. The van der Waals surface area contributed by atoms with E-state index in [1.807, 2.05) is 0 Å². The summed E-state index contributed by atoms with van der Waals surface area (Å²) >= 11 is 0. The van der Waals surface area contributed by atoms with E-state index in [1.54, 1.807) is 0 Å². The van der Waals surface area contributed by atoms with Crippen molar-refractivity contribution in [2.45, 2.75) is 0 Å². The van der Waals surface area contributed by atoms with Crippen LogP contribution in [0.5, 0.6) is 0 Å². The van der Waals surface area contributed by atoms with E-state index < -0.39 is 23.3 Å². The second-order valence-electron chi connectivity index (χ2n) is 1.87. The molecule has 0 saturated carbocycles. The van der Waals surface area contributed by atoms with Crippen LogP contribution in [0.2, 0.25) is 0 Å². The second kappa shape index (κ2) is 4.79. The van der Waals surface area contributed by atoms with E-state index in [9.17, 15) is 14.4 Å². The summed E-state index contributed by atoms with van der Waals surface area (Å²) in [7, 11) is 2.46. The zero-order valence-corrected chi connectivity index (χ0v) is 7.87. The van der Waals surface area contributed by atoms with E-state index in [0.717, 1.165) is 0 Å². The minimum absolute atomic E-state index is 0. The summed E-state index contributed by atoms with van der Waals surface area (Å²) in [6.07, 6.45) is 0. The van der Waals surface area contributed by atoms with Gasteiger partial charge in [0.15, 0.2) is 0 Å². The summed E-state index contributed by atoms with van der Waals surface area (Å²) in [5, 5.41) is 25.0. The average molecular weight is 229 g/mol. The van der Waals surface area contributed by atoms with Crippen molar-refractivity contribution < 1.29 is 29.7 Å². The number of carboxylic acid groups (broad SMARTS) is 3. The lowest BCUT2D eigenvalue weighted by Gasteiger charge is -2.13. The Kier molecular flexibility index (Phi) is 5.30. The Balaban J connectivity index is 0. The summed E-state index contributed by atoms with van der Waals surface area (Å²) in [5.41, 5.74) is -2.92. The van der Waals surface area contributed by atoms with Gasteiger partial charge in [-0.25, -0.2) is 14.4 Å². The number of carbonyl (C=O) groups is 3. The molecule has 6 nitrogen and oxygen atoms in total. The molecule has 3 N–H and O–H groups in total. The van der Waals surface area contributed by atoms with Gasteiger partial charge in [-0.1, -0.05) is 0 Å². The fourth-order valence-corrected chi connectivity index (χ4v) is 0.830. The van der Waals surface area contributed by atoms with E-state index in [1.165, 1.54) is 0 Å². The molecule has 0 aliphatic carbocycles. The maximum absolute atomic E-state index is 10.3. The molecule has 0 aromatic heterocycles. The van der Waals surface area contributed by atoms with Crippen LogP contribution >= 0.6 is 21.3 Å². The van der Waals surface area contributed by atoms with Gasteiger partial charge in [0.1, 0.15) is 0 Å². The standard InChI is InChI=1S/C5H5O6P.ClH/c6-2(7)5(1-12,3(8)9)4(10)11;/h1,12H,(H,6,7)(H,8,9)(H,10,11);1H. The normalized spacial score (nSPS) is 9.54. The Labute approximate surface area is 80.8 Å². The molecule has 0 unspecified atom stereocenters. The summed E-state index contributed by atoms with van der Waals surface area (Å²) in [4.78, 5) is 30.9. The predicted molar refractivity (Wildman–Crippen MR) is 47.0 cm³/mol. The molecule has 0 spiro atoms. The monoisotopic (exact) mass is 228 g/mol. The first kappa shape index (κ1) is 14.4. The molecule has 8 heteroatoms. The fourth-order valence-electron chi connectivity index (χ4n) is 0.460. The molecule has 0 radical (unpaired) electrons. The van der Waals surface area contributed by atoms with Gasteiger partial charge in [0.2, 0.25) is 0 Å². The molecular weight excluding hydrogens is 222 g/mol. The molecule has 0 amide bonds. The molecule has 0 fully saturated rings. The quantitative estimate of drug-likeness (QED) is 0.446. The minimum atomic E-state index is -2.92. The third-order valence-corrected chi connectivity index (χ3v) is 1.66. The van der Waals surface area contributed by atoms with Gasteiger partial charge in [-0.2, -0.15) is 0 Å². The molecule has 0 aliphatic heterocycles. The molecule has 0 aliphatic rings. The largest absolute Gasteiger partial charge is 0.480 e. The number of halogens is 1. The molecule has 0 saturated heterocycles. The van der Waals surface area contributed by atoms with Crippen LogP contribution in [0.4, 0.5) is 0 Å². The lowest BCUT2D eigenvalue weighted by molar-refractivity contribution is -0.168. The highest BCUT2D eigenvalue weighted by Gasteiger charge is 2.52. The van der Waals surface area contributed by atoms with Gasteiger partial charge in [0.05, 0.1) is 0 Å². The molecule has 74 valence electrons. The molecule has 0 rings (SSSR count). The van der Waals surface area contributed by atoms with E-state index in [4.69, 9.17) is 15.3 Å². The Morgan fingerprint density at radius 3 is 1.23 bits per heavy atom. The minimum Gasteiger partial charge on any atom is -0.480 e. The van der Waals surface area contributed by atoms with Crippen molar-refractivity contribution in [2.75, 3.05) is 0 Å². The number of hydrogen-bond acceptors (Lipinski definition) is 3. The Bertz CT molecular complexity index is 226. The Morgan fingerprint density at radius 2 is 1.23 bits per heavy atom. The maximum atomic E-state index is 10.3. The zero-order valence-electron chi connectivity index (χ0n) is 6.05. The molecule has 0 atom stereocenters. The number of aliphatic carboxylic acids is 3. The van der Waals surface area contributed by atoms with E-state index in [0.29, 0.717) is 5.80 Å². The first-order valence-corrected chi connectivity index (χ1v) is 3.19. The zero-order chi connectivity index (χ0) is 9.94. The Morgan fingerprint density at radius 1 is 1.00 bits per heavy atom. The van der Waals surface area contributed by atoms with Crippen LogP contribution in [-0.4, -0.2) is 39.0 Å². The summed E-state index contributed by atoms with van der Waals surface area (Å²) in [6, 6.07) is 0. The highest BCUT2D eigenvalue weighted by Crippen LogP contribution is 2.16. The number of carboxylic acids is 3. The van der Waals surface area contributed by atoms with E-state index in [-0.39, 0.29) is 12.4 Å². The van der Waals surface area contributed by atoms with Crippen LogP contribution in [0.3, 0.4) is 0 Å². The summed E-state index contributed by atoms with van der Waals surface area (Å²) in [5.74, 6) is -5.47. The fraction of sp³-hybridized carbons (Fsp3) is 0.200. The molecular formula is C5H6ClO6P. The van der Waals surface area contributed by atoms with Gasteiger partial charge < -0.3 is 15.3 Å². The van der Waals surface area contributed by atoms with Gasteiger partial charge in [-0.3, -0.25) is 0 Å². The molecule has 0 aromatic carbocycles. The van der Waals surface area contributed by atoms with Crippen LogP contribution in [0.15, 0.2) is 0 Å². The van der Waals surface area contributed by atoms with Gasteiger partial charge in [0, 0.05) is 0 Å². The van der Waals surface area contributed by atoms with Crippen LogP contribution < -0.4 is 0 Å². The van der Waals surface area contributed by atoms with Crippen molar-refractivity contribution in [3.05, 3.63) is 0 Å².